The molecule has 1 aliphatic rings. The summed E-state index contributed by atoms with van der Waals surface area (Å²) >= 11 is 1.52. The van der Waals surface area contributed by atoms with Crippen LogP contribution in [0, 0.1) is 5.92 Å². The Balaban J connectivity index is 2.05. The largest absolute Gasteiger partial charge is 0.340 e. The van der Waals surface area contributed by atoms with E-state index in [9.17, 15) is 9.59 Å². The van der Waals surface area contributed by atoms with E-state index in [1.54, 1.807) is 0 Å². The Morgan fingerprint density at radius 2 is 1.80 bits per heavy atom. The highest BCUT2D eigenvalue weighted by atomic mass is 32.2. The lowest BCUT2D eigenvalue weighted by Crippen LogP contribution is -2.50. The van der Waals surface area contributed by atoms with Crippen molar-refractivity contribution < 1.29 is 9.59 Å². The average molecular weight is 362 g/mol. The van der Waals surface area contributed by atoms with Crippen molar-refractivity contribution in [2.24, 2.45) is 10.9 Å². The van der Waals surface area contributed by atoms with Gasteiger partial charge in [0.15, 0.2) is 5.17 Å². The van der Waals surface area contributed by atoms with Crippen LogP contribution < -0.4 is 10.6 Å². The van der Waals surface area contributed by atoms with Gasteiger partial charge < -0.3 is 10.6 Å². The first-order chi connectivity index (χ1) is 11.7. The van der Waals surface area contributed by atoms with E-state index in [1.165, 1.54) is 17.3 Å². The molecule has 6 heteroatoms. The van der Waals surface area contributed by atoms with Gasteiger partial charge in [0.05, 0.1) is 6.54 Å². The Morgan fingerprint density at radius 1 is 1.16 bits per heavy atom. The Hall–Kier alpha value is -1.82. The number of thioether (sulfide) groups is 1. The molecule has 1 aromatic rings. The van der Waals surface area contributed by atoms with Crippen LogP contribution in [0.1, 0.15) is 50.5 Å². The molecule has 25 heavy (non-hydrogen) atoms. The number of amides is 2. The molecule has 0 aliphatic carbocycles. The monoisotopic (exact) mass is 361 g/mol. The first-order valence-electron chi connectivity index (χ1n) is 8.58. The normalized spacial score (nSPS) is 15.7. The van der Waals surface area contributed by atoms with Crippen LogP contribution >= 0.6 is 11.8 Å². The summed E-state index contributed by atoms with van der Waals surface area (Å²) in [7, 11) is 0. The molecule has 0 unspecified atom stereocenters. The van der Waals surface area contributed by atoms with Gasteiger partial charge in [0.25, 0.3) is 5.91 Å². The Morgan fingerprint density at radius 3 is 2.28 bits per heavy atom. The van der Waals surface area contributed by atoms with Gasteiger partial charge in [-0.1, -0.05) is 58.5 Å². The zero-order valence-corrected chi connectivity index (χ0v) is 16.4. The summed E-state index contributed by atoms with van der Waals surface area (Å²) in [4.78, 5) is 29.2. The van der Waals surface area contributed by atoms with Crippen molar-refractivity contribution in [1.82, 2.24) is 10.6 Å². The van der Waals surface area contributed by atoms with E-state index in [4.69, 9.17) is 0 Å². The highest BCUT2D eigenvalue weighted by molar-refractivity contribution is 8.14. The zero-order valence-electron chi connectivity index (χ0n) is 15.6. The SMILES string of the molecule is CC(C)[C@H](NC(=O)c1ccc(C(C)(C)C)cc1)C(=O)NC1=NCCS1. The van der Waals surface area contributed by atoms with Crippen LogP contribution in [0.5, 0.6) is 0 Å². The third-order valence-corrected chi connectivity index (χ3v) is 4.96. The molecule has 0 aromatic heterocycles. The third kappa shape index (κ3) is 5.33. The molecule has 0 bridgehead atoms. The minimum absolute atomic E-state index is 0.0233. The van der Waals surface area contributed by atoms with E-state index >= 15 is 0 Å². The van der Waals surface area contributed by atoms with E-state index < -0.39 is 6.04 Å². The molecule has 1 heterocycles. The van der Waals surface area contributed by atoms with E-state index in [1.807, 2.05) is 38.1 Å². The van der Waals surface area contributed by atoms with Gasteiger partial charge in [-0.3, -0.25) is 14.6 Å². The lowest BCUT2D eigenvalue weighted by atomic mass is 9.86. The number of hydrogen-bond acceptors (Lipinski definition) is 4. The average Bonchev–Trinajstić information content (AvgIpc) is 3.04. The molecular weight excluding hydrogens is 334 g/mol. The number of carbonyl (C=O) groups is 2. The fourth-order valence-corrected chi connectivity index (χ4v) is 3.21. The number of amidine groups is 1. The Labute approximate surface area is 154 Å². The van der Waals surface area contributed by atoms with Crippen molar-refractivity contribution in [3.8, 4) is 0 Å². The highest BCUT2D eigenvalue weighted by Gasteiger charge is 2.26. The molecule has 2 rings (SSSR count). The summed E-state index contributed by atoms with van der Waals surface area (Å²) in [5.74, 6) is 0.400. The number of nitrogens with one attached hydrogen (secondary N) is 2. The maximum absolute atomic E-state index is 12.5. The van der Waals surface area contributed by atoms with Gasteiger partial charge in [-0.2, -0.15) is 0 Å². The molecule has 2 amide bonds. The van der Waals surface area contributed by atoms with Crippen LogP contribution in [0.3, 0.4) is 0 Å². The lowest BCUT2D eigenvalue weighted by molar-refractivity contribution is -0.122. The summed E-state index contributed by atoms with van der Waals surface area (Å²) in [6.45, 7) is 10.9. The molecule has 1 aliphatic heterocycles. The standard InChI is InChI=1S/C19H27N3O2S/c1-12(2)15(17(24)22-18-20-10-11-25-18)21-16(23)13-6-8-14(9-7-13)19(3,4)5/h6-9,12,15H,10-11H2,1-5H3,(H,21,23)(H,20,22,24)/t15-/m0/s1. The number of rotatable bonds is 4. The number of carbonyl (C=O) groups excluding carboxylic acids is 2. The summed E-state index contributed by atoms with van der Waals surface area (Å²) < 4.78 is 0. The van der Waals surface area contributed by atoms with E-state index in [-0.39, 0.29) is 23.1 Å². The summed E-state index contributed by atoms with van der Waals surface area (Å²) in [6, 6.07) is 6.94. The van der Waals surface area contributed by atoms with Gasteiger partial charge in [-0.25, -0.2) is 0 Å². The fraction of sp³-hybridized carbons (Fsp3) is 0.526. The Bertz CT molecular complexity index is 660. The second-order valence-corrected chi connectivity index (χ2v) is 8.63. The molecule has 136 valence electrons. The van der Waals surface area contributed by atoms with E-state index in [2.05, 4.69) is 36.4 Å². The van der Waals surface area contributed by atoms with Crippen LogP contribution in [0.25, 0.3) is 0 Å². The summed E-state index contributed by atoms with van der Waals surface area (Å²) in [5.41, 5.74) is 1.76. The summed E-state index contributed by atoms with van der Waals surface area (Å²) in [6.07, 6.45) is 0. The smallest absolute Gasteiger partial charge is 0.251 e. The quantitative estimate of drug-likeness (QED) is 0.866. The van der Waals surface area contributed by atoms with Gasteiger partial charge in [-0.05, 0) is 29.0 Å². The number of nitrogens with zero attached hydrogens (tertiary/aromatic N) is 1. The van der Waals surface area contributed by atoms with Crippen molar-refractivity contribution in [2.75, 3.05) is 12.3 Å². The Kier molecular flexibility index (Phi) is 6.27. The van der Waals surface area contributed by atoms with Crippen molar-refractivity contribution >= 4 is 28.7 Å². The molecular formula is C19H27N3O2S. The van der Waals surface area contributed by atoms with Crippen LogP contribution in [-0.4, -0.2) is 35.3 Å². The van der Waals surface area contributed by atoms with Crippen LogP contribution in [0.4, 0.5) is 0 Å². The lowest BCUT2D eigenvalue weighted by Gasteiger charge is -2.22. The second kappa shape index (κ2) is 8.04. The maximum Gasteiger partial charge on any atom is 0.251 e. The van der Waals surface area contributed by atoms with Gasteiger partial charge >= 0.3 is 0 Å². The summed E-state index contributed by atoms with van der Waals surface area (Å²) in [5, 5.41) is 6.29. The molecule has 0 saturated heterocycles. The number of benzene rings is 1. The molecule has 0 radical (unpaired) electrons. The fourth-order valence-electron chi connectivity index (χ4n) is 2.48. The van der Waals surface area contributed by atoms with Gasteiger partial charge in [-0.15, -0.1) is 0 Å². The first-order valence-corrected chi connectivity index (χ1v) is 9.56. The molecule has 2 N–H and O–H groups in total. The third-order valence-electron chi connectivity index (χ3n) is 4.06. The van der Waals surface area contributed by atoms with Gasteiger partial charge in [0.2, 0.25) is 5.91 Å². The number of hydrogen-bond donors (Lipinski definition) is 2. The van der Waals surface area contributed by atoms with E-state index in [0.29, 0.717) is 10.7 Å². The molecule has 0 spiro atoms. The van der Waals surface area contributed by atoms with Crippen LogP contribution in [-0.2, 0) is 10.2 Å². The minimum atomic E-state index is -0.598. The highest BCUT2D eigenvalue weighted by Crippen LogP contribution is 2.22. The number of aliphatic imine (C=N–C) groups is 1. The van der Waals surface area contributed by atoms with Gasteiger partial charge in [0, 0.05) is 11.3 Å². The predicted octanol–water partition coefficient (Wildman–Crippen LogP) is 2.96. The minimum Gasteiger partial charge on any atom is -0.340 e. The second-order valence-electron chi connectivity index (χ2n) is 7.55. The van der Waals surface area contributed by atoms with Crippen molar-refractivity contribution in [3.63, 3.8) is 0 Å². The van der Waals surface area contributed by atoms with Crippen molar-refractivity contribution in [3.05, 3.63) is 35.4 Å². The van der Waals surface area contributed by atoms with Crippen LogP contribution in [0.15, 0.2) is 29.3 Å². The predicted molar refractivity (Wildman–Crippen MR) is 104 cm³/mol. The molecule has 1 atom stereocenters. The molecule has 5 nitrogen and oxygen atoms in total. The van der Waals surface area contributed by atoms with Gasteiger partial charge in [0.1, 0.15) is 6.04 Å². The zero-order chi connectivity index (χ0) is 18.6. The molecule has 1 aromatic carbocycles. The van der Waals surface area contributed by atoms with E-state index in [0.717, 1.165) is 12.3 Å². The van der Waals surface area contributed by atoms with Crippen molar-refractivity contribution in [1.29, 1.82) is 0 Å². The topological polar surface area (TPSA) is 70.6 Å². The first kappa shape index (κ1) is 19.5. The van der Waals surface area contributed by atoms with Crippen molar-refractivity contribution in [2.45, 2.75) is 46.1 Å². The van der Waals surface area contributed by atoms with Crippen LogP contribution in [0.2, 0.25) is 0 Å². The molecule has 0 saturated carbocycles. The maximum atomic E-state index is 12.5. The molecule has 0 fully saturated rings.